The molecule has 0 heterocycles. The van der Waals surface area contributed by atoms with Gasteiger partial charge in [0.15, 0.2) is 0 Å². The molecular weight excluding hydrogens is 506 g/mol. The van der Waals surface area contributed by atoms with Crippen molar-refractivity contribution in [2.75, 3.05) is 4.90 Å². The Labute approximate surface area is 249 Å². The molecule has 0 aromatic heterocycles. The third kappa shape index (κ3) is 3.92. The highest BCUT2D eigenvalue weighted by Gasteiger charge is 2.47. The fraction of sp³-hybridized carbons (Fsp3) is 0.122. The topological polar surface area (TPSA) is 3.24 Å². The van der Waals surface area contributed by atoms with Crippen molar-refractivity contribution in [3.8, 4) is 11.1 Å². The summed E-state index contributed by atoms with van der Waals surface area (Å²) in [4.78, 5) is 2.46. The molecule has 204 valence electrons. The van der Waals surface area contributed by atoms with E-state index >= 15 is 0 Å². The zero-order valence-electron chi connectivity index (χ0n) is 24.7. The van der Waals surface area contributed by atoms with Crippen LogP contribution in [0.25, 0.3) is 11.1 Å². The van der Waals surface area contributed by atoms with E-state index in [1.807, 2.05) is 0 Å². The van der Waals surface area contributed by atoms with Crippen molar-refractivity contribution in [1.29, 1.82) is 0 Å². The summed E-state index contributed by atoms with van der Waals surface area (Å²) in [5.41, 5.74) is 16.1. The summed E-state index contributed by atoms with van der Waals surface area (Å²) >= 11 is 0. The van der Waals surface area contributed by atoms with E-state index in [2.05, 4.69) is 172 Å². The van der Waals surface area contributed by atoms with E-state index in [1.54, 1.807) is 0 Å². The molecule has 1 nitrogen and oxygen atoms in total. The predicted octanol–water partition coefficient (Wildman–Crippen LogP) is 10.8. The van der Waals surface area contributed by atoms with Crippen molar-refractivity contribution in [3.05, 3.63) is 184 Å². The first-order valence-electron chi connectivity index (χ1n) is 14.8. The Kier molecular flexibility index (Phi) is 6.32. The maximum Gasteiger partial charge on any atom is 0.0714 e. The summed E-state index contributed by atoms with van der Waals surface area (Å²) in [7, 11) is 0. The van der Waals surface area contributed by atoms with E-state index in [1.165, 1.54) is 72.7 Å². The number of fused-ring (bicyclic) bond motifs is 3. The Hall–Kier alpha value is -4.88. The molecule has 0 spiro atoms. The van der Waals surface area contributed by atoms with Crippen molar-refractivity contribution in [3.63, 3.8) is 0 Å². The summed E-state index contributed by atoms with van der Waals surface area (Å²) in [5.74, 6) is 0. The maximum atomic E-state index is 2.46. The molecule has 0 aliphatic heterocycles. The molecule has 0 bridgehead atoms. The van der Waals surface area contributed by atoms with Crippen LogP contribution in [0.3, 0.4) is 0 Å². The van der Waals surface area contributed by atoms with Gasteiger partial charge in [-0.15, -0.1) is 0 Å². The van der Waals surface area contributed by atoms with Gasteiger partial charge in [-0.2, -0.15) is 0 Å². The van der Waals surface area contributed by atoms with E-state index < -0.39 is 5.41 Å². The first-order chi connectivity index (χ1) is 20.5. The second-order valence-corrected chi connectivity index (χ2v) is 11.6. The van der Waals surface area contributed by atoms with Gasteiger partial charge < -0.3 is 4.90 Å². The van der Waals surface area contributed by atoms with Crippen molar-refractivity contribution in [1.82, 2.24) is 0 Å². The van der Waals surface area contributed by atoms with Crippen LogP contribution < -0.4 is 4.90 Å². The number of rotatable bonds is 5. The number of nitrogens with zero attached hydrogens (tertiary/aromatic N) is 1. The number of hydrogen-bond donors (Lipinski definition) is 0. The van der Waals surface area contributed by atoms with Gasteiger partial charge in [-0.3, -0.25) is 0 Å². The third-order valence-electron chi connectivity index (χ3n) is 9.20. The molecule has 1 heteroatoms. The molecule has 7 rings (SSSR count). The molecular formula is C41H35N. The Morgan fingerprint density at radius 3 is 1.48 bits per heavy atom. The standard InChI is InChI=1S/C41H35N/c1-28-22-24-34(26-30(28)3)42(35-25-23-29(2)31(4)27-35)39-21-13-20-38-40(39)36-18-11-12-19-37(36)41(38,32-14-7-5-8-15-32)33-16-9-6-10-17-33/h5-27H,1-4H3. The smallest absolute Gasteiger partial charge is 0.0714 e. The minimum absolute atomic E-state index is 0.428. The highest BCUT2D eigenvalue weighted by atomic mass is 15.1. The molecule has 0 saturated carbocycles. The summed E-state index contributed by atoms with van der Waals surface area (Å²) in [6.07, 6.45) is 0. The molecule has 0 radical (unpaired) electrons. The van der Waals surface area contributed by atoms with Gasteiger partial charge >= 0.3 is 0 Å². The van der Waals surface area contributed by atoms with Gasteiger partial charge in [-0.05, 0) is 108 Å². The van der Waals surface area contributed by atoms with E-state index in [0.29, 0.717) is 0 Å². The van der Waals surface area contributed by atoms with Gasteiger partial charge in [-0.1, -0.05) is 109 Å². The van der Waals surface area contributed by atoms with Crippen molar-refractivity contribution in [2.45, 2.75) is 33.1 Å². The monoisotopic (exact) mass is 541 g/mol. The molecule has 0 amide bonds. The number of hydrogen-bond acceptors (Lipinski definition) is 1. The lowest BCUT2D eigenvalue weighted by Gasteiger charge is -2.34. The third-order valence-corrected chi connectivity index (χ3v) is 9.20. The second-order valence-electron chi connectivity index (χ2n) is 11.6. The van der Waals surface area contributed by atoms with Crippen LogP contribution in [0.4, 0.5) is 17.1 Å². The molecule has 0 N–H and O–H groups in total. The Balaban J connectivity index is 1.60. The molecule has 6 aromatic carbocycles. The molecule has 1 aliphatic carbocycles. The number of anilines is 3. The van der Waals surface area contributed by atoms with E-state index in [4.69, 9.17) is 0 Å². The van der Waals surface area contributed by atoms with Crippen LogP contribution in [0.15, 0.2) is 140 Å². The van der Waals surface area contributed by atoms with Crippen LogP contribution in [0, 0.1) is 27.7 Å². The van der Waals surface area contributed by atoms with Crippen LogP contribution >= 0.6 is 0 Å². The fourth-order valence-electron chi connectivity index (χ4n) is 6.82. The maximum absolute atomic E-state index is 2.46. The lowest BCUT2D eigenvalue weighted by atomic mass is 9.68. The lowest BCUT2D eigenvalue weighted by Crippen LogP contribution is -2.28. The Morgan fingerprint density at radius 2 is 0.929 bits per heavy atom. The van der Waals surface area contributed by atoms with Crippen LogP contribution in [0.5, 0.6) is 0 Å². The van der Waals surface area contributed by atoms with Gasteiger partial charge in [0.1, 0.15) is 0 Å². The summed E-state index contributed by atoms with van der Waals surface area (Å²) in [6, 6.07) is 51.6. The Bertz CT molecular complexity index is 1830. The predicted molar refractivity (Wildman–Crippen MR) is 177 cm³/mol. The quantitative estimate of drug-likeness (QED) is 0.209. The van der Waals surface area contributed by atoms with Gasteiger partial charge in [-0.25, -0.2) is 0 Å². The molecule has 1 aliphatic rings. The molecule has 0 fully saturated rings. The average molecular weight is 542 g/mol. The minimum atomic E-state index is -0.428. The van der Waals surface area contributed by atoms with Crippen LogP contribution in [-0.4, -0.2) is 0 Å². The van der Waals surface area contributed by atoms with Crippen molar-refractivity contribution >= 4 is 17.1 Å². The van der Waals surface area contributed by atoms with Gasteiger partial charge in [0.25, 0.3) is 0 Å². The molecule has 0 atom stereocenters. The highest BCUT2D eigenvalue weighted by Crippen LogP contribution is 2.59. The van der Waals surface area contributed by atoms with Crippen LogP contribution in [-0.2, 0) is 5.41 Å². The van der Waals surface area contributed by atoms with Gasteiger partial charge in [0.05, 0.1) is 11.1 Å². The van der Waals surface area contributed by atoms with E-state index in [9.17, 15) is 0 Å². The summed E-state index contributed by atoms with van der Waals surface area (Å²) in [5, 5.41) is 0. The van der Waals surface area contributed by atoms with Crippen molar-refractivity contribution in [2.24, 2.45) is 0 Å². The number of benzene rings is 6. The Morgan fingerprint density at radius 1 is 0.429 bits per heavy atom. The average Bonchev–Trinajstić information content (AvgIpc) is 3.33. The van der Waals surface area contributed by atoms with Gasteiger partial charge in [0, 0.05) is 16.9 Å². The first kappa shape index (κ1) is 26.0. The molecule has 42 heavy (non-hydrogen) atoms. The van der Waals surface area contributed by atoms with Crippen LogP contribution in [0.1, 0.15) is 44.5 Å². The summed E-state index contributed by atoms with van der Waals surface area (Å²) < 4.78 is 0. The van der Waals surface area contributed by atoms with E-state index in [0.717, 1.165) is 0 Å². The lowest BCUT2D eigenvalue weighted by molar-refractivity contribution is 0.768. The second kappa shape index (κ2) is 10.2. The van der Waals surface area contributed by atoms with Gasteiger partial charge in [0.2, 0.25) is 0 Å². The zero-order valence-corrected chi connectivity index (χ0v) is 24.7. The zero-order chi connectivity index (χ0) is 28.8. The fourth-order valence-corrected chi connectivity index (χ4v) is 6.82. The summed E-state index contributed by atoms with van der Waals surface area (Å²) in [6.45, 7) is 8.78. The first-order valence-corrected chi connectivity index (χ1v) is 14.8. The molecule has 6 aromatic rings. The SMILES string of the molecule is Cc1ccc(N(c2ccc(C)c(C)c2)c2cccc3c2-c2ccccc2C3(c2ccccc2)c2ccccc2)cc1C. The largest absolute Gasteiger partial charge is 0.310 e. The highest BCUT2D eigenvalue weighted by molar-refractivity contribution is 5.97. The minimum Gasteiger partial charge on any atom is -0.310 e. The van der Waals surface area contributed by atoms with E-state index in [-0.39, 0.29) is 0 Å². The number of aryl methyl sites for hydroxylation is 4. The molecule has 0 unspecified atom stereocenters. The molecule has 0 saturated heterocycles. The van der Waals surface area contributed by atoms with Crippen LogP contribution in [0.2, 0.25) is 0 Å². The van der Waals surface area contributed by atoms with Crippen molar-refractivity contribution < 1.29 is 0 Å². The normalized spacial score (nSPS) is 13.0.